The first kappa shape index (κ1) is 24.1. The third-order valence-corrected chi connectivity index (χ3v) is 9.48. The van der Waals surface area contributed by atoms with Gasteiger partial charge in [-0.1, -0.05) is 44.2 Å². The van der Waals surface area contributed by atoms with Gasteiger partial charge in [-0.05, 0) is 38.2 Å². The van der Waals surface area contributed by atoms with Crippen LogP contribution in [0.4, 0.5) is 0 Å². The first-order chi connectivity index (χ1) is 15.8. The number of fused-ring (bicyclic) bond motifs is 1. The van der Waals surface area contributed by atoms with E-state index in [-0.39, 0.29) is 41.5 Å². The number of hydrogen-bond acceptors (Lipinski definition) is 5. The van der Waals surface area contributed by atoms with Gasteiger partial charge in [-0.25, -0.2) is 0 Å². The number of carbonyl (C=O) groups excluding carboxylic acids is 3. The molecule has 3 aliphatic heterocycles. The van der Waals surface area contributed by atoms with Crippen molar-refractivity contribution in [2.24, 2.45) is 17.8 Å². The topological polar surface area (TPSA) is 98.7 Å². The summed E-state index contributed by atoms with van der Waals surface area (Å²) in [6, 6.07) is 7.88. The number of benzene rings is 1. The minimum atomic E-state index is -0.747. The van der Waals surface area contributed by atoms with Crippen LogP contribution in [-0.2, 0) is 14.4 Å². The summed E-state index contributed by atoms with van der Waals surface area (Å²) in [6.45, 7) is 8.18. The first-order valence-electron chi connectivity index (χ1n) is 12.0. The molecular formula is C25H35N3O4S. The van der Waals surface area contributed by atoms with E-state index in [9.17, 15) is 19.5 Å². The van der Waals surface area contributed by atoms with Crippen LogP contribution in [0.3, 0.4) is 0 Å². The molecule has 2 bridgehead atoms. The summed E-state index contributed by atoms with van der Waals surface area (Å²) in [7, 11) is 0. The van der Waals surface area contributed by atoms with Gasteiger partial charge in [0, 0.05) is 17.8 Å². The zero-order chi connectivity index (χ0) is 23.9. The van der Waals surface area contributed by atoms with Gasteiger partial charge in [0.1, 0.15) is 6.04 Å². The molecule has 1 aromatic rings. The molecule has 7 atom stereocenters. The lowest BCUT2D eigenvalue weighted by Crippen LogP contribution is -2.58. The highest BCUT2D eigenvalue weighted by Gasteiger charge is 2.76. The van der Waals surface area contributed by atoms with Gasteiger partial charge in [0.2, 0.25) is 17.7 Å². The normalized spacial score (nSPS) is 33.3. The van der Waals surface area contributed by atoms with Crippen molar-refractivity contribution < 1.29 is 19.5 Å². The van der Waals surface area contributed by atoms with Crippen molar-refractivity contribution in [3.63, 3.8) is 0 Å². The van der Waals surface area contributed by atoms with E-state index in [4.69, 9.17) is 0 Å². The van der Waals surface area contributed by atoms with Crippen molar-refractivity contribution in [2.75, 3.05) is 13.2 Å². The summed E-state index contributed by atoms with van der Waals surface area (Å²) < 4.78 is -0.683. The van der Waals surface area contributed by atoms with Crippen LogP contribution in [0.25, 0.3) is 0 Å². The Morgan fingerprint density at radius 3 is 2.55 bits per heavy atom. The van der Waals surface area contributed by atoms with Gasteiger partial charge in [0.15, 0.2) is 0 Å². The Bertz CT molecular complexity index is 910. The molecule has 0 radical (unpaired) electrons. The monoisotopic (exact) mass is 473 g/mol. The fraction of sp³-hybridized carbons (Fsp3) is 0.640. The van der Waals surface area contributed by atoms with Gasteiger partial charge in [0.25, 0.3) is 0 Å². The van der Waals surface area contributed by atoms with E-state index in [0.29, 0.717) is 6.54 Å². The molecule has 0 saturated carbocycles. The van der Waals surface area contributed by atoms with Gasteiger partial charge in [-0.15, -0.1) is 11.8 Å². The molecule has 8 heteroatoms. The van der Waals surface area contributed by atoms with Crippen LogP contribution in [0.1, 0.15) is 52.1 Å². The maximum atomic E-state index is 14.1. The Hall–Kier alpha value is -2.06. The number of carbonyl (C=O) groups is 3. The van der Waals surface area contributed by atoms with E-state index in [1.165, 1.54) is 0 Å². The second kappa shape index (κ2) is 9.29. The molecule has 3 fully saturated rings. The van der Waals surface area contributed by atoms with Gasteiger partial charge in [0.05, 0.1) is 29.2 Å². The number of likely N-dealkylation sites (tertiary alicyclic amines) is 1. The predicted molar refractivity (Wildman–Crippen MR) is 128 cm³/mol. The summed E-state index contributed by atoms with van der Waals surface area (Å²) in [6.07, 6.45) is 1.62. The van der Waals surface area contributed by atoms with E-state index in [1.807, 2.05) is 51.1 Å². The minimum absolute atomic E-state index is 0.0200. The first-order valence-corrected chi connectivity index (χ1v) is 12.9. The Labute approximate surface area is 200 Å². The van der Waals surface area contributed by atoms with Crippen LogP contribution in [0.5, 0.6) is 0 Å². The molecule has 0 aromatic heterocycles. The standard InChI is InChI=1S/C25H35N3O4S/c1-5-11-26-22(30)19-18-12-15(4)25(33-18)20(19)24(32)28(21(25)23(31)27-14(2)3)17(13-29)16-9-7-6-8-10-16/h6-10,14-15,17-21,29H,5,11-13H2,1-4H3,(H,26,30)(H,27,31)/t15?,17-,18-,19+,20+,21?,25?/m1/s1. The average molecular weight is 474 g/mol. The molecule has 3 unspecified atom stereocenters. The number of aliphatic hydroxyl groups excluding tert-OH is 1. The second-order valence-electron chi connectivity index (χ2n) is 9.86. The fourth-order valence-electron chi connectivity index (χ4n) is 6.15. The second-order valence-corrected chi connectivity index (χ2v) is 11.4. The number of amides is 3. The van der Waals surface area contributed by atoms with Crippen LogP contribution in [0, 0.1) is 17.8 Å². The third-order valence-electron chi connectivity index (χ3n) is 7.41. The summed E-state index contributed by atoms with van der Waals surface area (Å²) in [5.74, 6) is -1.43. The van der Waals surface area contributed by atoms with Gasteiger partial charge >= 0.3 is 0 Å². The molecule has 4 rings (SSSR count). The lowest BCUT2D eigenvalue weighted by atomic mass is 9.66. The maximum Gasteiger partial charge on any atom is 0.244 e. The Balaban J connectivity index is 1.81. The highest BCUT2D eigenvalue weighted by molar-refractivity contribution is 8.02. The molecule has 7 nitrogen and oxygen atoms in total. The van der Waals surface area contributed by atoms with Gasteiger partial charge in [-0.3, -0.25) is 14.4 Å². The van der Waals surface area contributed by atoms with E-state index in [0.717, 1.165) is 18.4 Å². The van der Waals surface area contributed by atoms with E-state index < -0.39 is 28.7 Å². The zero-order valence-electron chi connectivity index (χ0n) is 19.8. The van der Waals surface area contributed by atoms with Crippen LogP contribution in [0.2, 0.25) is 0 Å². The van der Waals surface area contributed by atoms with Crippen molar-refractivity contribution in [3.8, 4) is 0 Å². The van der Waals surface area contributed by atoms with Crippen molar-refractivity contribution in [1.29, 1.82) is 0 Å². The van der Waals surface area contributed by atoms with Crippen molar-refractivity contribution in [3.05, 3.63) is 35.9 Å². The van der Waals surface area contributed by atoms with Crippen LogP contribution >= 0.6 is 11.8 Å². The quantitative estimate of drug-likeness (QED) is 0.537. The molecule has 1 spiro atoms. The maximum absolute atomic E-state index is 14.1. The van der Waals surface area contributed by atoms with Crippen molar-refractivity contribution >= 4 is 29.5 Å². The number of nitrogens with one attached hydrogen (secondary N) is 2. The lowest BCUT2D eigenvalue weighted by Gasteiger charge is -2.40. The van der Waals surface area contributed by atoms with E-state index >= 15 is 0 Å². The molecule has 1 aromatic carbocycles. The zero-order valence-corrected chi connectivity index (χ0v) is 20.6. The molecule has 3 amide bonds. The van der Waals surface area contributed by atoms with Crippen molar-refractivity contribution in [2.45, 2.75) is 68.7 Å². The molecular weight excluding hydrogens is 438 g/mol. The number of hydrogen-bond donors (Lipinski definition) is 3. The molecule has 33 heavy (non-hydrogen) atoms. The Morgan fingerprint density at radius 2 is 1.94 bits per heavy atom. The van der Waals surface area contributed by atoms with Gasteiger partial charge in [-0.2, -0.15) is 0 Å². The smallest absolute Gasteiger partial charge is 0.244 e. The number of aliphatic hydroxyl groups is 1. The highest BCUT2D eigenvalue weighted by atomic mass is 32.2. The largest absolute Gasteiger partial charge is 0.394 e. The number of rotatable bonds is 8. The average Bonchev–Trinajstić information content (AvgIpc) is 3.37. The molecule has 0 aliphatic carbocycles. The molecule has 180 valence electrons. The summed E-state index contributed by atoms with van der Waals surface area (Å²) in [5, 5.41) is 16.5. The SMILES string of the molecule is CCCNC(=O)[C@@H]1[C@H]2C(=O)N([C@H](CO)c3ccccc3)C(C(=O)NC(C)C)C23S[C@@H]1CC3C. The Kier molecular flexibility index (Phi) is 6.78. The molecule has 3 aliphatic rings. The number of thioether (sulfide) groups is 1. The van der Waals surface area contributed by atoms with Crippen LogP contribution in [-0.4, -0.2) is 63.0 Å². The van der Waals surface area contributed by atoms with Gasteiger partial charge < -0.3 is 20.6 Å². The van der Waals surface area contributed by atoms with Crippen molar-refractivity contribution in [1.82, 2.24) is 15.5 Å². The summed E-state index contributed by atoms with van der Waals surface area (Å²) in [4.78, 5) is 42.6. The van der Waals surface area contributed by atoms with E-state index in [2.05, 4.69) is 17.6 Å². The molecule has 3 saturated heterocycles. The summed E-state index contributed by atoms with van der Waals surface area (Å²) >= 11 is 1.66. The summed E-state index contributed by atoms with van der Waals surface area (Å²) in [5.41, 5.74) is 0.784. The Morgan fingerprint density at radius 1 is 1.24 bits per heavy atom. The van der Waals surface area contributed by atoms with Crippen LogP contribution in [0.15, 0.2) is 30.3 Å². The molecule has 3 N–H and O–H groups in total. The van der Waals surface area contributed by atoms with E-state index in [1.54, 1.807) is 16.7 Å². The van der Waals surface area contributed by atoms with Crippen LogP contribution < -0.4 is 10.6 Å². The third kappa shape index (κ3) is 3.75. The minimum Gasteiger partial charge on any atom is -0.394 e. The fourth-order valence-corrected chi connectivity index (χ4v) is 8.56. The molecule has 3 heterocycles. The number of nitrogens with zero attached hydrogens (tertiary/aromatic N) is 1. The highest BCUT2D eigenvalue weighted by Crippen LogP contribution is 2.69. The predicted octanol–water partition coefficient (Wildman–Crippen LogP) is 2.11. The lowest BCUT2D eigenvalue weighted by molar-refractivity contribution is -0.143.